The van der Waals surface area contributed by atoms with Crippen molar-refractivity contribution >= 4 is 0 Å². The lowest BCUT2D eigenvalue weighted by molar-refractivity contribution is 0.267. The molecule has 23 heavy (non-hydrogen) atoms. The van der Waals surface area contributed by atoms with Gasteiger partial charge in [-0.2, -0.15) is 0 Å². The molecule has 1 saturated heterocycles. The number of halogens is 2. The molecule has 2 aromatic heterocycles. The summed E-state index contributed by atoms with van der Waals surface area (Å²) < 4.78 is 30.6. The molecule has 3 rings (SSSR count). The Hall–Kier alpha value is -2.35. The Kier molecular flexibility index (Phi) is 6.61. The van der Waals surface area contributed by atoms with E-state index < -0.39 is 11.6 Å². The number of hydrogen-bond acceptors (Lipinski definition) is 5. The quantitative estimate of drug-likeness (QED) is 0.900. The fourth-order valence-electron chi connectivity index (χ4n) is 1.93. The van der Waals surface area contributed by atoms with Gasteiger partial charge in [-0.1, -0.05) is 6.42 Å². The van der Waals surface area contributed by atoms with E-state index in [1.807, 2.05) is 0 Å². The van der Waals surface area contributed by atoms with Gasteiger partial charge in [-0.15, -0.1) is 0 Å². The Morgan fingerprint density at radius 3 is 2.52 bits per heavy atom. The number of aromatic nitrogens is 3. The third-order valence-electron chi connectivity index (χ3n) is 3.05. The lowest BCUT2D eigenvalue weighted by Gasteiger charge is -2.08. The summed E-state index contributed by atoms with van der Waals surface area (Å²) in [5, 5.41) is 3.28. The first-order chi connectivity index (χ1) is 11.1. The van der Waals surface area contributed by atoms with Crippen molar-refractivity contribution in [3.05, 3.63) is 52.3 Å². The van der Waals surface area contributed by atoms with Crippen molar-refractivity contribution in [1.29, 1.82) is 0 Å². The zero-order chi connectivity index (χ0) is 16.5. The lowest BCUT2D eigenvalue weighted by Crippen LogP contribution is -2.21. The van der Waals surface area contributed by atoms with Crippen LogP contribution in [0.2, 0.25) is 0 Å². The van der Waals surface area contributed by atoms with Crippen molar-refractivity contribution in [1.82, 2.24) is 20.3 Å². The van der Waals surface area contributed by atoms with Crippen LogP contribution in [0, 0.1) is 11.6 Å². The van der Waals surface area contributed by atoms with Gasteiger partial charge >= 0.3 is 0 Å². The highest BCUT2D eigenvalue weighted by Crippen LogP contribution is 2.14. The molecule has 0 unspecified atom stereocenters. The zero-order valence-corrected chi connectivity index (χ0v) is 12.5. The number of hydrogen-bond donors (Lipinski definition) is 2. The maximum atomic E-state index is 13.1. The summed E-state index contributed by atoms with van der Waals surface area (Å²) in [4.78, 5) is 20.5. The number of pyridine rings is 1. The van der Waals surface area contributed by atoms with Gasteiger partial charge in [0.05, 0.1) is 6.20 Å². The number of piperidine rings is 1. The van der Waals surface area contributed by atoms with Crippen molar-refractivity contribution in [2.24, 2.45) is 0 Å². The molecule has 1 aliphatic rings. The monoisotopic (exact) mass is 324 g/mol. The standard InChI is InChI=1S/C10H7F2N3O2.C5H11N/c11-6-3-7(12)10(14-4-6)17-5-8-13-2-1-9(16)15-8;1-2-4-6-5-3-1/h1-4H,5H2,(H,13,15,16);6H,1-5H2. The van der Waals surface area contributed by atoms with Crippen molar-refractivity contribution in [2.45, 2.75) is 25.9 Å². The first-order valence-electron chi connectivity index (χ1n) is 7.34. The molecule has 2 N–H and O–H groups in total. The number of rotatable bonds is 3. The summed E-state index contributed by atoms with van der Waals surface area (Å²) in [7, 11) is 0. The molecule has 0 aliphatic carbocycles. The van der Waals surface area contributed by atoms with Crippen LogP contribution < -0.4 is 15.6 Å². The Labute approximate surface area is 131 Å². The van der Waals surface area contributed by atoms with E-state index in [0.717, 1.165) is 6.20 Å². The van der Waals surface area contributed by atoms with E-state index in [0.29, 0.717) is 6.07 Å². The van der Waals surface area contributed by atoms with Gasteiger partial charge in [0.2, 0.25) is 0 Å². The Morgan fingerprint density at radius 2 is 1.96 bits per heavy atom. The third-order valence-corrected chi connectivity index (χ3v) is 3.05. The van der Waals surface area contributed by atoms with Crippen LogP contribution in [0.15, 0.2) is 29.3 Å². The maximum absolute atomic E-state index is 13.1. The van der Waals surface area contributed by atoms with Crippen LogP contribution in [0.25, 0.3) is 0 Å². The Balaban J connectivity index is 0.000000268. The summed E-state index contributed by atoms with van der Waals surface area (Å²) in [5.41, 5.74) is -0.342. The van der Waals surface area contributed by atoms with Gasteiger partial charge in [-0.25, -0.2) is 18.7 Å². The van der Waals surface area contributed by atoms with Crippen LogP contribution in [-0.2, 0) is 6.61 Å². The van der Waals surface area contributed by atoms with Crippen molar-refractivity contribution < 1.29 is 13.5 Å². The van der Waals surface area contributed by atoms with Gasteiger partial charge in [0.1, 0.15) is 18.2 Å². The van der Waals surface area contributed by atoms with E-state index in [2.05, 4.69) is 20.3 Å². The molecule has 0 atom stereocenters. The topological polar surface area (TPSA) is 79.9 Å². The molecule has 1 aliphatic heterocycles. The highest BCUT2D eigenvalue weighted by molar-refractivity contribution is 5.14. The summed E-state index contributed by atoms with van der Waals surface area (Å²) in [6.45, 7) is 2.34. The molecule has 0 amide bonds. The average molecular weight is 324 g/mol. The number of H-pyrrole nitrogens is 1. The summed E-state index contributed by atoms with van der Waals surface area (Å²) in [6, 6.07) is 1.89. The smallest absolute Gasteiger partial charge is 0.251 e. The molecule has 0 aromatic carbocycles. The first-order valence-corrected chi connectivity index (χ1v) is 7.34. The van der Waals surface area contributed by atoms with E-state index in [9.17, 15) is 13.6 Å². The molecule has 0 saturated carbocycles. The Morgan fingerprint density at radius 1 is 1.17 bits per heavy atom. The van der Waals surface area contributed by atoms with Gasteiger partial charge in [-0.05, 0) is 25.9 Å². The summed E-state index contributed by atoms with van der Waals surface area (Å²) in [6.07, 6.45) is 6.35. The minimum atomic E-state index is -0.914. The molecule has 0 radical (unpaired) electrons. The maximum Gasteiger partial charge on any atom is 0.251 e. The van der Waals surface area contributed by atoms with E-state index in [-0.39, 0.29) is 23.9 Å². The van der Waals surface area contributed by atoms with Crippen molar-refractivity contribution in [3.8, 4) is 5.88 Å². The van der Waals surface area contributed by atoms with Gasteiger partial charge in [0.25, 0.3) is 11.4 Å². The van der Waals surface area contributed by atoms with Crippen LogP contribution in [-0.4, -0.2) is 28.0 Å². The van der Waals surface area contributed by atoms with Crippen LogP contribution >= 0.6 is 0 Å². The molecular weight excluding hydrogens is 306 g/mol. The molecule has 1 fully saturated rings. The van der Waals surface area contributed by atoms with Crippen molar-refractivity contribution in [3.63, 3.8) is 0 Å². The van der Waals surface area contributed by atoms with Gasteiger partial charge in [0, 0.05) is 18.3 Å². The highest BCUT2D eigenvalue weighted by Gasteiger charge is 2.07. The van der Waals surface area contributed by atoms with Crippen LogP contribution in [0.4, 0.5) is 8.78 Å². The summed E-state index contributed by atoms with van der Waals surface area (Å²) >= 11 is 0. The molecular formula is C15H18F2N4O2. The average Bonchev–Trinajstić information content (AvgIpc) is 2.56. The molecule has 6 nitrogen and oxygen atoms in total. The number of nitrogens with one attached hydrogen (secondary N) is 2. The Bertz CT molecular complexity index is 663. The number of ether oxygens (including phenoxy) is 1. The minimum absolute atomic E-state index is 0.161. The van der Waals surface area contributed by atoms with E-state index in [1.54, 1.807) is 0 Å². The molecule has 124 valence electrons. The van der Waals surface area contributed by atoms with E-state index in [4.69, 9.17) is 4.74 Å². The predicted molar refractivity (Wildman–Crippen MR) is 80.1 cm³/mol. The van der Waals surface area contributed by atoms with Crippen molar-refractivity contribution in [2.75, 3.05) is 13.1 Å². The van der Waals surface area contributed by atoms with Gasteiger partial charge in [-0.3, -0.25) is 4.79 Å². The SMILES string of the molecule is C1CCNCC1.O=c1ccnc(COc2ncc(F)cc2F)[nH]1. The van der Waals surface area contributed by atoms with Crippen LogP contribution in [0.5, 0.6) is 5.88 Å². The molecule has 3 heterocycles. The largest absolute Gasteiger partial charge is 0.467 e. The van der Waals surface area contributed by atoms with E-state index in [1.165, 1.54) is 44.6 Å². The lowest BCUT2D eigenvalue weighted by atomic mass is 10.2. The molecule has 0 spiro atoms. The minimum Gasteiger partial charge on any atom is -0.467 e. The van der Waals surface area contributed by atoms with Gasteiger partial charge in [0.15, 0.2) is 5.82 Å². The normalized spacial score (nSPS) is 13.8. The second kappa shape index (κ2) is 8.94. The van der Waals surface area contributed by atoms with Crippen LogP contribution in [0.1, 0.15) is 25.1 Å². The third kappa shape index (κ3) is 6.11. The van der Waals surface area contributed by atoms with Gasteiger partial charge < -0.3 is 15.0 Å². The van der Waals surface area contributed by atoms with Crippen LogP contribution in [0.3, 0.4) is 0 Å². The molecule has 8 heteroatoms. The number of aromatic amines is 1. The zero-order valence-electron chi connectivity index (χ0n) is 12.5. The fourth-order valence-corrected chi connectivity index (χ4v) is 1.93. The summed E-state index contributed by atoms with van der Waals surface area (Å²) in [5.74, 6) is -1.83. The molecule has 0 bridgehead atoms. The fraction of sp³-hybridized carbons (Fsp3) is 0.400. The first kappa shape index (κ1) is 17.0. The predicted octanol–water partition coefficient (Wildman–Crippen LogP) is 1.78. The number of nitrogens with zero attached hydrogens (tertiary/aromatic N) is 2. The highest BCUT2D eigenvalue weighted by atomic mass is 19.1. The van der Waals surface area contributed by atoms with E-state index >= 15 is 0 Å². The second-order valence-electron chi connectivity index (χ2n) is 4.92. The molecule has 2 aromatic rings. The second-order valence-corrected chi connectivity index (χ2v) is 4.92.